The summed E-state index contributed by atoms with van der Waals surface area (Å²) in [7, 11) is 0. The lowest BCUT2D eigenvalue weighted by Crippen LogP contribution is -2.07. The van der Waals surface area contributed by atoms with Gasteiger partial charge in [-0.3, -0.25) is 4.57 Å². The van der Waals surface area contributed by atoms with Gasteiger partial charge in [-0.15, -0.1) is 0 Å². The molecular formula is C63H41N5. The minimum Gasteiger partial charge on any atom is -0.309 e. The van der Waals surface area contributed by atoms with E-state index < -0.39 is 0 Å². The van der Waals surface area contributed by atoms with Crippen LogP contribution in [0.3, 0.4) is 0 Å². The molecule has 0 atom stereocenters. The van der Waals surface area contributed by atoms with Crippen LogP contribution >= 0.6 is 0 Å². The maximum absolute atomic E-state index is 5.50. The molecule has 0 saturated carbocycles. The molecule has 0 amide bonds. The van der Waals surface area contributed by atoms with E-state index in [0.717, 1.165) is 60.8 Å². The van der Waals surface area contributed by atoms with Gasteiger partial charge < -0.3 is 4.57 Å². The van der Waals surface area contributed by atoms with Gasteiger partial charge >= 0.3 is 0 Å². The molecule has 13 aromatic rings. The summed E-state index contributed by atoms with van der Waals surface area (Å²) in [5.74, 6) is 1.73. The van der Waals surface area contributed by atoms with Crippen LogP contribution in [0.5, 0.6) is 0 Å². The van der Waals surface area contributed by atoms with Gasteiger partial charge in [-0.05, 0) is 93.0 Å². The number of nitrogens with zero attached hydrogens (tertiary/aromatic N) is 5. The van der Waals surface area contributed by atoms with Crippen LogP contribution in [0.15, 0.2) is 249 Å². The van der Waals surface area contributed by atoms with E-state index in [1.165, 1.54) is 44.2 Å². The second kappa shape index (κ2) is 16.4. The van der Waals surface area contributed by atoms with Gasteiger partial charge in [-0.1, -0.05) is 200 Å². The minimum atomic E-state index is 0.542. The lowest BCUT2D eigenvalue weighted by atomic mass is 9.92. The van der Waals surface area contributed by atoms with Crippen molar-refractivity contribution in [3.63, 3.8) is 0 Å². The van der Waals surface area contributed by atoms with E-state index in [0.29, 0.717) is 17.6 Å². The fraction of sp³-hybridized carbons (Fsp3) is 0. The van der Waals surface area contributed by atoms with Crippen LogP contribution in [0.4, 0.5) is 0 Å². The van der Waals surface area contributed by atoms with E-state index in [2.05, 4.69) is 240 Å². The normalized spacial score (nSPS) is 11.5. The first-order chi connectivity index (χ1) is 33.7. The third kappa shape index (κ3) is 6.59. The van der Waals surface area contributed by atoms with E-state index in [1.807, 2.05) is 18.2 Å². The standard InChI is InChI=1S/C63H41N5/c1-4-20-42(21-5-1)47-26-10-12-28-49(47)45-36-38-59-54(40-45)55-41-46(50-29-13-11-27-48(50)43-22-6-2-7-23-43)37-39-60(55)68(59)63-65-61(44-24-8-3-9-25-44)64-62(66-63)53-32-16-19-35-58(53)67-56-33-17-14-30-51(56)52-31-15-18-34-57(52)67/h1-41H. The quantitative estimate of drug-likeness (QED) is 0.153. The van der Waals surface area contributed by atoms with Crippen LogP contribution in [0.2, 0.25) is 0 Å². The second-order valence-corrected chi connectivity index (χ2v) is 17.2. The zero-order valence-electron chi connectivity index (χ0n) is 36.9. The van der Waals surface area contributed by atoms with Crippen LogP contribution in [-0.4, -0.2) is 24.1 Å². The van der Waals surface area contributed by atoms with Crippen molar-refractivity contribution in [1.29, 1.82) is 0 Å². The molecule has 0 radical (unpaired) electrons. The Labute approximate surface area is 393 Å². The van der Waals surface area contributed by atoms with Gasteiger partial charge in [0, 0.05) is 32.7 Å². The number of benzene rings is 10. The summed E-state index contributed by atoms with van der Waals surface area (Å²) < 4.78 is 4.57. The van der Waals surface area contributed by atoms with Crippen molar-refractivity contribution in [2.75, 3.05) is 0 Å². The van der Waals surface area contributed by atoms with E-state index >= 15 is 0 Å². The molecule has 5 nitrogen and oxygen atoms in total. The Morgan fingerprint density at radius 3 is 1.13 bits per heavy atom. The Morgan fingerprint density at radius 2 is 0.618 bits per heavy atom. The zero-order chi connectivity index (χ0) is 45.0. The molecule has 0 aliphatic heterocycles. The van der Waals surface area contributed by atoms with E-state index in [1.54, 1.807) is 0 Å². The minimum absolute atomic E-state index is 0.542. The highest BCUT2D eigenvalue weighted by Gasteiger charge is 2.23. The monoisotopic (exact) mass is 867 g/mol. The Bertz CT molecular complexity index is 3830. The fourth-order valence-electron chi connectivity index (χ4n) is 10.1. The summed E-state index contributed by atoms with van der Waals surface area (Å²) in [6.45, 7) is 0. The van der Waals surface area contributed by atoms with Gasteiger partial charge in [-0.2, -0.15) is 9.97 Å². The van der Waals surface area contributed by atoms with E-state index in [4.69, 9.17) is 15.0 Å². The maximum atomic E-state index is 5.50. The molecule has 0 spiro atoms. The summed E-state index contributed by atoms with van der Waals surface area (Å²) in [5, 5.41) is 4.60. The van der Waals surface area contributed by atoms with E-state index in [9.17, 15) is 0 Å². The topological polar surface area (TPSA) is 48.5 Å². The average molecular weight is 868 g/mol. The Morgan fingerprint density at radius 1 is 0.235 bits per heavy atom. The van der Waals surface area contributed by atoms with Gasteiger partial charge in [-0.25, -0.2) is 4.98 Å². The molecule has 0 bridgehead atoms. The molecule has 0 fully saturated rings. The predicted molar refractivity (Wildman–Crippen MR) is 281 cm³/mol. The van der Waals surface area contributed by atoms with Gasteiger partial charge in [0.1, 0.15) is 0 Å². The van der Waals surface area contributed by atoms with Crippen molar-refractivity contribution in [2.24, 2.45) is 0 Å². The smallest absolute Gasteiger partial charge is 0.238 e. The summed E-state index contributed by atoms with van der Waals surface area (Å²) >= 11 is 0. The van der Waals surface area contributed by atoms with Gasteiger partial charge in [0.05, 0.1) is 27.8 Å². The highest BCUT2D eigenvalue weighted by atomic mass is 15.2. The number of aromatic nitrogens is 5. The molecule has 5 heteroatoms. The van der Waals surface area contributed by atoms with Crippen molar-refractivity contribution in [3.05, 3.63) is 249 Å². The molecule has 68 heavy (non-hydrogen) atoms. The lowest BCUT2D eigenvalue weighted by Gasteiger charge is -2.15. The highest BCUT2D eigenvalue weighted by molar-refractivity contribution is 6.12. The second-order valence-electron chi connectivity index (χ2n) is 17.2. The molecule has 0 N–H and O–H groups in total. The van der Waals surface area contributed by atoms with Gasteiger partial charge in [0.2, 0.25) is 5.95 Å². The molecule has 10 aromatic carbocycles. The third-order valence-electron chi connectivity index (χ3n) is 13.2. The van der Waals surface area contributed by atoms with Crippen molar-refractivity contribution in [2.45, 2.75) is 0 Å². The van der Waals surface area contributed by atoms with Crippen LogP contribution in [0.25, 0.3) is 123 Å². The predicted octanol–water partition coefficient (Wildman–Crippen LogP) is 16.1. The lowest BCUT2D eigenvalue weighted by molar-refractivity contribution is 0.951. The largest absolute Gasteiger partial charge is 0.309 e. The first kappa shape index (κ1) is 39.2. The molecule has 13 rings (SSSR count). The van der Waals surface area contributed by atoms with Crippen molar-refractivity contribution in [3.8, 4) is 78.9 Å². The van der Waals surface area contributed by atoms with Crippen molar-refractivity contribution < 1.29 is 0 Å². The highest BCUT2D eigenvalue weighted by Crippen LogP contribution is 2.42. The number of fused-ring (bicyclic) bond motifs is 6. The molecule has 0 aliphatic carbocycles. The molecule has 3 heterocycles. The average Bonchev–Trinajstić information content (AvgIpc) is 3.93. The van der Waals surface area contributed by atoms with Crippen LogP contribution < -0.4 is 0 Å². The summed E-state index contributed by atoms with van der Waals surface area (Å²) in [6, 6.07) is 88.2. The number of hydrogen-bond acceptors (Lipinski definition) is 3. The first-order valence-corrected chi connectivity index (χ1v) is 23.0. The summed E-state index contributed by atoms with van der Waals surface area (Å²) in [4.78, 5) is 16.2. The van der Waals surface area contributed by atoms with Crippen molar-refractivity contribution in [1.82, 2.24) is 24.1 Å². The maximum Gasteiger partial charge on any atom is 0.238 e. The van der Waals surface area contributed by atoms with Gasteiger partial charge in [0.25, 0.3) is 0 Å². The number of para-hydroxylation sites is 3. The number of rotatable bonds is 8. The Hall–Kier alpha value is -9.19. The molecule has 318 valence electrons. The van der Waals surface area contributed by atoms with Crippen molar-refractivity contribution >= 4 is 43.6 Å². The summed E-state index contributed by atoms with van der Waals surface area (Å²) in [5.41, 5.74) is 16.4. The van der Waals surface area contributed by atoms with Crippen LogP contribution in [0, 0.1) is 0 Å². The summed E-state index contributed by atoms with van der Waals surface area (Å²) in [6.07, 6.45) is 0. The molecule has 3 aromatic heterocycles. The molecular weight excluding hydrogens is 827 g/mol. The first-order valence-electron chi connectivity index (χ1n) is 23.0. The Kier molecular flexibility index (Phi) is 9.43. The number of hydrogen-bond donors (Lipinski definition) is 0. The van der Waals surface area contributed by atoms with Crippen LogP contribution in [0.1, 0.15) is 0 Å². The molecule has 0 aliphatic rings. The molecule has 0 saturated heterocycles. The SMILES string of the molecule is c1ccc(-c2nc(-c3ccccc3-n3c4ccccc4c4ccccc43)nc(-n3c4ccc(-c5ccccc5-c5ccccc5)cc4c4cc(-c5ccccc5-c5ccccc5)ccc43)n2)cc1. The fourth-order valence-corrected chi connectivity index (χ4v) is 10.1. The van der Waals surface area contributed by atoms with Gasteiger partial charge in [0.15, 0.2) is 11.6 Å². The van der Waals surface area contributed by atoms with E-state index in [-0.39, 0.29) is 0 Å². The molecule has 0 unspecified atom stereocenters. The third-order valence-corrected chi connectivity index (χ3v) is 13.2. The zero-order valence-corrected chi connectivity index (χ0v) is 36.9. The Balaban J connectivity index is 1.08. The van der Waals surface area contributed by atoms with Crippen LogP contribution in [-0.2, 0) is 0 Å².